The largest absolute Gasteiger partial charge is 0.313 e. The van der Waals surface area contributed by atoms with Gasteiger partial charge in [-0.2, -0.15) is 0 Å². The Balaban J connectivity index is 1.95. The second-order valence-corrected chi connectivity index (χ2v) is 5.12. The van der Waals surface area contributed by atoms with Crippen LogP contribution in [0.1, 0.15) is 41.6 Å². The van der Waals surface area contributed by atoms with Crippen LogP contribution in [0.3, 0.4) is 0 Å². The van der Waals surface area contributed by atoms with Crippen molar-refractivity contribution in [3.8, 4) is 0 Å². The molecule has 1 aliphatic rings. The molecular weight excluding hydrogens is 232 g/mol. The molecule has 3 rings (SSSR count). The van der Waals surface area contributed by atoms with Crippen molar-refractivity contribution < 1.29 is 0 Å². The molecule has 0 spiro atoms. The Morgan fingerprint density at radius 1 is 1.21 bits per heavy atom. The van der Waals surface area contributed by atoms with Gasteiger partial charge in [0.1, 0.15) is 0 Å². The highest BCUT2D eigenvalue weighted by Crippen LogP contribution is 2.37. The van der Waals surface area contributed by atoms with E-state index in [0.29, 0.717) is 5.92 Å². The van der Waals surface area contributed by atoms with E-state index in [2.05, 4.69) is 47.6 Å². The number of fused-ring (bicyclic) bond motifs is 1. The van der Waals surface area contributed by atoms with Crippen molar-refractivity contribution in [3.05, 3.63) is 65.0 Å². The van der Waals surface area contributed by atoms with Gasteiger partial charge in [-0.3, -0.25) is 4.98 Å². The Morgan fingerprint density at radius 3 is 3.00 bits per heavy atom. The molecule has 1 aromatic heterocycles. The molecule has 0 bridgehead atoms. The lowest BCUT2D eigenvalue weighted by Gasteiger charge is -2.16. The maximum atomic E-state index is 4.62. The van der Waals surface area contributed by atoms with Crippen molar-refractivity contribution in [2.75, 3.05) is 6.54 Å². The molecule has 0 aliphatic heterocycles. The molecule has 1 unspecified atom stereocenters. The van der Waals surface area contributed by atoms with Crippen LogP contribution in [0, 0.1) is 0 Å². The lowest BCUT2D eigenvalue weighted by Crippen LogP contribution is -2.14. The highest BCUT2D eigenvalue weighted by atomic mass is 14.8. The molecule has 1 aromatic carbocycles. The third-order valence-corrected chi connectivity index (χ3v) is 3.95. The second kappa shape index (κ2) is 5.54. The zero-order valence-electron chi connectivity index (χ0n) is 11.4. The second-order valence-electron chi connectivity index (χ2n) is 5.12. The smallest absolute Gasteiger partial charge is 0.0510 e. The van der Waals surface area contributed by atoms with Crippen molar-refractivity contribution in [3.63, 3.8) is 0 Å². The summed E-state index contributed by atoms with van der Waals surface area (Å²) in [5.41, 5.74) is 5.56. The van der Waals surface area contributed by atoms with E-state index in [-0.39, 0.29) is 0 Å². The highest BCUT2D eigenvalue weighted by Gasteiger charge is 2.26. The number of aryl methyl sites for hydroxylation is 1. The number of aromatic nitrogens is 1. The molecule has 0 radical (unpaired) electrons. The van der Waals surface area contributed by atoms with Gasteiger partial charge in [0.15, 0.2) is 0 Å². The van der Waals surface area contributed by atoms with Crippen molar-refractivity contribution in [2.24, 2.45) is 0 Å². The molecule has 19 heavy (non-hydrogen) atoms. The molecule has 2 nitrogen and oxygen atoms in total. The molecule has 2 aromatic rings. The third kappa shape index (κ3) is 2.41. The maximum Gasteiger partial charge on any atom is 0.0510 e. The molecule has 1 heterocycles. The van der Waals surface area contributed by atoms with Gasteiger partial charge in [0, 0.05) is 18.7 Å². The topological polar surface area (TPSA) is 24.9 Å². The predicted molar refractivity (Wildman–Crippen MR) is 78.2 cm³/mol. The molecule has 1 atom stereocenters. The lowest BCUT2D eigenvalue weighted by molar-refractivity contribution is 0.699. The number of nitrogens with one attached hydrogen (secondary N) is 1. The molecule has 2 heteroatoms. The number of nitrogens with zero attached hydrogens (tertiary/aromatic N) is 1. The lowest BCUT2D eigenvalue weighted by atomic mass is 9.92. The average molecular weight is 252 g/mol. The normalized spacial score (nSPS) is 17.4. The zero-order valence-corrected chi connectivity index (χ0v) is 11.4. The standard InChI is InChI=1S/C17H20N2/c1-2-18-12-14-6-3-4-8-15(14)16-10-9-13-7-5-11-19-17(13)16/h3-8,11,16,18H,2,9-10,12H2,1H3. The highest BCUT2D eigenvalue weighted by molar-refractivity contribution is 5.41. The first-order valence-corrected chi connectivity index (χ1v) is 7.12. The summed E-state index contributed by atoms with van der Waals surface area (Å²) in [4.78, 5) is 4.62. The minimum Gasteiger partial charge on any atom is -0.313 e. The van der Waals surface area contributed by atoms with Gasteiger partial charge < -0.3 is 5.32 Å². The van der Waals surface area contributed by atoms with Gasteiger partial charge in [-0.15, -0.1) is 0 Å². The van der Waals surface area contributed by atoms with Crippen LogP contribution in [-0.2, 0) is 13.0 Å². The van der Waals surface area contributed by atoms with Crippen LogP contribution < -0.4 is 5.32 Å². The van der Waals surface area contributed by atoms with Crippen LogP contribution >= 0.6 is 0 Å². The Labute approximate surface area is 114 Å². The van der Waals surface area contributed by atoms with Gasteiger partial charge in [-0.05, 0) is 42.1 Å². The summed E-state index contributed by atoms with van der Waals surface area (Å²) in [5.74, 6) is 0.478. The summed E-state index contributed by atoms with van der Waals surface area (Å²) >= 11 is 0. The molecule has 0 fully saturated rings. The van der Waals surface area contributed by atoms with Crippen molar-refractivity contribution >= 4 is 0 Å². The van der Waals surface area contributed by atoms with Crippen LogP contribution in [-0.4, -0.2) is 11.5 Å². The SMILES string of the molecule is CCNCc1ccccc1C1CCc2cccnc21. The van der Waals surface area contributed by atoms with E-state index in [1.165, 1.54) is 28.8 Å². The van der Waals surface area contributed by atoms with Crippen LogP contribution in [0.2, 0.25) is 0 Å². The summed E-state index contributed by atoms with van der Waals surface area (Å²) in [6.45, 7) is 4.11. The Hall–Kier alpha value is -1.67. The summed E-state index contributed by atoms with van der Waals surface area (Å²) in [6.07, 6.45) is 4.27. The molecule has 0 amide bonds. The first kappa shape index (κ1) is 12.4. The molecule has 0 saturated heterocycles. The van der Waals surface area contributed by atoms with Gasteiger partial charge in [0.2, 0.25) is 0 Å². The summed E-state index contributed by atoms with van der Waals surface area (Å²) in [7, 11) is 0. The quantitative estimate of drug-likeness (QED) is 0.903. The molecule has 1 aliphatic carbocycles. The van der Waals surface area contributed by atoms with Crippen LogP contribution in [0.5, 0.6) is 0 Å². The fourth-order valence-corrected chi connectivity index (χ4v) is 3.01. The van der Waals surface area contributed by atoms with Gasteiger partial charge in [-0.25, -0.2) is 0 Å². The summed E-state index contributed by atoms with van der Waals surface area (Å²) in [6, 6.07) is 13.0. The van der Waals surface area contributed by atoms with Crippen LogP contribution in [0.25, 0.3) is 0 Å². The molecule has 1 N–H and O–H groups in total. The van der Waals surface area contributed by atoms with E-state index in [0.717, 1.165) is 19.5 Å². The fourth-order valence-electron chi connectivity index (χ4n) is 3.01. The Kier molecular flexibility index (Phi) is 3.60. The van der Waals surface area contributed by atoms with Crippen molar-refractivity contribution in [1.82, 2.24) is 10.3 Å². The van der Waals surface area contributed by atoms with E-state index in [9.17, 15) is 0 Å². The van der Waals surface area contributed by atoms with Crippen LogP contribution in [0.15, 0.2) is 42.6 Å². The van der Waals surface area contributed by atoms with E-state index >= 15 is 0 Å². The van der Waals surface area contributed by atoms with Crippen molar-refractivity contribution in [1.29, 1.82) is 0 Å². The number of pyridine rings is 1. The number of benzene rings is 1. The van der Waals surface area contributed by atoms with Gasteiger partial charge in [0.25, 0.3) is 0 Å². The van der Waals surface area contributed by atoms with E-state index in [1.54, 1.807) is 0 Å². The number of hydrogen-bond acceptors (Lipinski definition) is 2. The monoisotopic (exact) mass is 252 g/mol. The minimum atomic E-state index is 0.478. The summed E-state index contributed by atoms with van der Waals surface area (Å²) in [5, 5.41) is 3.43. The third-order valence-electron chi connectivity index (χ3n) is 3.95. The number of hydrogen-bond donors (Lipinski definition) is 1. The maximum absolute atomic E-state index is 4.62. The number of rotatable bonds is 4. The fraction of sp³-hybridized carbons (Fsp3) is 0.353. The van der Waals surface area contributed by atoms with E-state index < -0.39 is 0 Å². The Morgan fingerprint density at radius 2 is 2.11 bits per heavy atom. The minimum absolute atomic E-state index is 0.478. The van der Waals surface area contributed by atoms with Crippen molar-refractivity contribution in [2.45, 2.75) is 32.2 Å². The first-order valence-electron chi connectivity index (χ1n) is 7.12. The van der Waals surface area contributed by atoms with Gasteiger partial charge >= 0.3 is 0 Å². The molecule has 0 saturated carbocycles. The molecular formula is C17H20N2. The van der Waals surface area contributed by atoms with E-state index in [1.807, 2.05) is 12.3 Å². The van der Waals surface area contributed by atoms with E-state index in [4.69, 9.17) is 0 Å². The zero-order chi connectivity index (χ0) is 13.1. The first-order chi connectivity index (χ1) is 9.40. The van der Waals surface area contributed by atoms with Crippen LogP contribution in [0.4, 0.5) is 0 Å². The Bertz CT molecular complexity index is 563. The predicted octanol–water partition coefficient (Wildman–Crippen LogP) is 3.27. The average Bonchev–Trinajstić information content (AvgIpc) is 2.89. The van der Waals surface area contributed by atoms with Gasteiger partial charge in [-0.1, -0.05) is 37.3 Å². The summed E-state index contributed by atoms with van der Waals surface area (Å²) < 4.78 is 0. The van der Waals surface area contributed by atoms with Gasteiger partial charge in [0.05, 0.1) is 5.69 Å². The molecule has 98 valence electrons.